The molecule has 1 unspecified atom stereocenters. The third-order valence-electron chi connectivity index (χ3n) is 4.69. The summed E-state index contributed by atoms with van der Waals surface area (Å²) in [5.41, 5.74) is 0.737. The van der Waals surface area contributed by atoms with E-state index >= 15 is 0 Å². The topological polar surface area (TPSA) is 78.7 Å². The van der Waals surface area contributed by atoms with Gasteiger partial charge in [-0.1, -0.05) is 12.1 Å². The fourth-order valence-corrected chi connectivity index (χ4v) is 3.35. The Bertz CT molecular complexity index is 584. The average molecular weight is 355 g/mol. The minimum Gasteiger partial charge on any atom is -0.340 e. The van der Waals surface area contributed by atoms with E-state index in [-0.39, 0.29) is 30.4 Å². The third-order valence-corrected chi connectivity index (χ3v) is 4.69. The Morgan fingerprint density at radius 1 is 1.29 bits per heavy atom. The smallest absolute Gasteiger partial charge is 0.269 e. The number of piperazine rings is 1. The van der Waals surface area contributed by atoms with Crippen molar-refractivity contribution in [3.63, 3.8) is 0 Å². The Hall–Kier alpha value is -1.70. The van der Waals surface area contributed by atoms with Crippen molar-refractivity contribution in [1.29, 1.82) is 0 Å². The van der Waals surface area contributed by atoms with Crippen molar-refractivity contribution >= 4 is 24.0 Å². The highest BCUT2D eigenvalue weighted by Gasteiger charge is 2.27. The van der Waals surface area contributed by atoms with Crippen molar-refractivity contribution in [3.05, 3.63) is 39.9 Å². The molecule has 2 aliphatic heterocycles. The van der Waals surface area contributed by atoms with Gasteiger partial charge in [-0.25, -0.2) is 0 Å². The van der Waals surface area contributed by atoms with Crippen molar-refractivity contribution in [2.45, 2.75) is 18.9 Å². The lowest BCUT2D eigenvalue weighted by Gasteiger charge is -2.37. The first-order valence-corrected chi connectivity index (χ1v) is 8.09. The van der Waals surface area contributed by atoms with Gasteiger partial charge in [0.25, 0.3) is 5.69 Å². The van der Waals surface area contributed by atoms with Gasteiger partial charge in [-0.2, -0.15) is 0 Å². The molecule has 0 aromatic heterocycles. The zero-order valence-corrected chi connectivity index (χ0v) is 14.3. The van der Waals surface area contributed by atoms with E-state index in [4.69, 9.17) is 0 Å². The molecule has 0 bridgehead atoms. The molecule has 1 aromatic rings. The van der Waals surface area contributed by atoms with Crippen LogP contribution in [0.25, 0.3) is 0 Å². The van der Waals surface area contributed by atoms with Crippen LogP contribution in [0, 0.1) is 10.1 Å². The van der Waals surface area contributed by atoms with Gasteiger partial charge >= 0.3 is 0 Å². The summed E-state index contributed by atoms with van der Waals surface area (Å²) >= 11 is 0. The van der Waals surface area contributed by atoms with Crippen LogP contribution in [0.15, 0.2) is 24.3 Å². The predicted octanol–water partition coefficient (Wildman–Crippen LogP) is 1.07. The number of rotatable bonds is 4. The van der Waals surface area contributed by atoms with Crippen molar-refractivity contribution in [2.75, 3.05) is 39.3 Å². The Morgan fingerprint density at radius 2 is 2.04 bits per heavy atom. The van der Waals surface area contributed by atoms with E-state index in [0.717, 1.165) is 39.3 Å². The summed E-state index contributed by atoms with van der Waals surface area (Å²) < 4.78 is 0. The highest BCUT2D eigenvalue weighted by molar-refractivity contribution is 5.85. The van der Waals surface area contributed by atoms with Crippen molar-refractivity contribution in [2.24, 2.45) is 0 Å². The van der Waals surface area contributed by atoms with Crippen molar-refractivity contribution < 1.29 is 9.72 Å². The van der Waals surface area contributed by atoms with Crippen LogP contribution in [0.1, 0.15) is 12.0 Å². The predicted molar refractivity (Wildman–Crippen MR) is 93.5 cm³/mol. The number of hydrogen-bond donors (Lipinski definition) is 1. The molecule has 1 aromatic carbocycles. The van der Waals surface area contributed by atoms with Gasteiger partial charge in [0.05, 0.1) is 11.3 Å². The van der Waals surface area contributed by atoms with E-state index in [0.29, 0.717) is 11.6 Å². The molecular formula is C16H23ClN4O3. The molecule has 24 heavy (non-hydrogen) atoms. The van der Waals surface area contributed by atoms with E-state index in [1.165, 1.54) is 18.6 Å². The zero-order chi connectivity index (χ0) is 16.2. The third kappa shape index (κ3) is 4.43. The molecular weight excluding hydrogens is 332 g/mol. The molecule has 1 amide bonds. The fourth-order valence-electron chi connectivity index (χ4n) is 3.35. The lowest BCUT2D eigenvalue weighted by atomic mass is 10.1. The van der Waals surface area contributed by atoms with Crippen LogP contribution in [0.2, 0.25) is 0 Å². The van der Waals surface area contributed by atoms with Gasteiger partial charge in [-0.3, -0.25) is 19.8 Å². The standard InChI is InChI=1S/C16H22N4O3.ClH/c21-16(11-13-2-1-3-14(10-13)20(22)23)19-8-6-18(7-9-19)15-4-5-17-12-15;/h1-3,10,15,17H,4-9,11-12H2;1H. The molecule has 1 N–H and O–H groups in total. The van der Waals surface area contributed by atoms with E-state index in [2.05, 4.69) is 10.2 Å². The number of carbonyl (C=O) groups excluding carboxylic acids is 1. The monoisotopic (exact) mass is 354 g/mol. The summed E-state index contributed by atoms with van der Waals surface area (Å²) in [5, 5.41) is 14.2. The number of halogens is 1. The molecule has 132 valence electrons. The lowest BCUT2D eigenvalue weighted by Crippen LogP contribution is -2.52. The van der Waals surface area contributed by atoms with Gasteiger partial charge in [0, 0.05) is 50.9 Å². The maximum absolute atomic E-state index is 12.4. The maximum Gasteiger partial charge on any atom is 0.269 e. The van der Waals surface area contributed by atoms with Crippen LogP contribution in [0.4, 0.5) is 5.69 Å². The van der Waals surface area contributed by atoms with Crippen LogP contribution in [0.3, 0.4) is 0 Å². The largest absolute Gasteiger partial charge is 0.340 e. The van der Waals surface area contributed by atoms with Crippen LogP contribution in [0.5, 0.6) is 0 Å². The van der Waals surface area contributed by atoms with Gasteiger partial charge in [0.15, 0.2) is 0 Å². The molecule has 2 heterocycles. The first kappa shape index (κ1) is 18.6. The van der Waals surface area contributed by atoms with Crippen LogP contribution < -0.4 is 5.32 Å². The number of non-ortho nitro benzene ring substituents is 1. The second-order valence-corrected chi connectivity index (χ2v) is 6.17. The number of amides is 1. The van der Waals surface area contributed by atoms with E-state index in [9.17, 15) is 14.9 Å². The van der Waals surface area contributed by atoms with E-state index in [1.54, 1.807) is 12.1 Å². The summed E-state index contributed by atoms with van der Waals surface area (Å²) in [4.78, 5) is 27.1. The molecule has 0 aliphatic carbocycles. The number of benzene rings is 1. The second kappa shape index (κ2) is 8.41. The molecule has 1 atom stereocenters. The summed E-state index contributed by atoms with van der Waals surface area (Å²) in [7, 11) is 0. The molecule has 2 fully saturated rings. The fraction of sp³-hybridized carbons (Fsp3) is 0.562. The van der Waals surface area contributed by atoms with Gasteiger partial charge in [0.2, 0.25) is 5.91 Å². The van der Waals surface area contributed by atoms with Gasteiger partial charge in [-0.05, 0) is 18.5 Å². The number of nitro groups is 1. The highest BCUT2D eigenvalue weighted by Crippen LogP contribution is 2.16. The molecule has 0 saturated carbocycles. The number of hydrogen-bond acceptors (Lipinski definition) is 5. The molecule has 3 rings (SSSR count). The number of nitrogens with zero attached hydrogens (tertiary/aromatic N) is 3. The summed E-state index contributed by atoms with van der Waals surface area (Å²) in [6.07, 6.45) is 1.41. The van der Waals surface area contributed by atoms with Gasteiger partial charge in [0.1, 0.15) is 0 Å². The van der Waals surface area contributed by atoms with E-state index in [1.807, 2.05) is 4.90 Å². The molecule has 0 radical (unpaired) electrons. The Kier molecular flexibility index (Phi) is 6.53. The van der Waals surface area contributed by atoms with Crippen LogP contribution in [-0.4, -0.2) is 65.9 Å². The Balaban J connectivity index is 0.00000208. The first-order chi connectivity index (χ1) is 11.1. The van der Waals surface area contributed by atoms with Crippen molar-refractivity contribution in [1.82, 2.24) is 15.1 Å². The Labute approximate surface area is 147 Å². The normalized spacial score (nSPS) is 21.3. The Morgan fingerprint density at radius 3 is 2.67 bits per heavy atom. The maximum atomic E-state index is 12.4. The van der Waals surface area contributed by atoms with Crippen LogP contribution >= 0.6 is 12.4 Å². The first-order valence-electron chi connectivity index (χ1n) is 8.09. The summed E-state index contributed by atoms with van der Waals surface area (Å²) in [6.45, 7) is 5.42. The lowest BCUT2D eigenvalue weighted by molar-refractivity contribution is -0.384. The average Bonchev–Trinajstić information content (AvgIpc) is 3.09. The van der Waals surface area contributed by atoms with Crippen LogP contribution in [-0.2, 0) is 11.2 Å². The molecule has 0 spiro atoms. The SMILES string of the molecule is Cl.O=C(Cc1cccc([N+](=O)[O-])c1)N1CCN(C2CCNC2)CC1. The highest BCUT2D eigenvalue weighted by atomic mass is 35.5. The number of nitro benzene ring substituents is 1. The quantitative estimate of drug-likeness (QED) is 0.646. The summed E-state index contributed by atoms with van der Waals surface area (Å²) in [6, 6.07) is 6.93. The van der Waals surface area contributed by atoms with Crippen molar-refractivity contribution in [3.8, 4) is 0 Å². The molecule has 8 heteroatoms. The molecule has 2 saturated heterocycles. The molecule has 2 aliphatic rings. The minimum atomic E-state index is -0.428. The minimum absolute atomic E-state index is 0. The zero-order valence-electron chi connectivity index (χ0n) is 13.5. The molecule has 7 nitrogen and oxygen atoms in total. The van der Waals surface area contributed by atoms with E-state index < -0.39 is 4.92 Å². The summed E-state index contributed by atoms with van der Waals surface area (Å²) in [5.74, 6) is 0.0506. The number of carbonyl (C=O) groups is 1. The van der Waals surface area contributed by atoms with Gasteiger partial charge < -0.3 is 10.2 Å². The second-order valence-electron chi connectivity index (χ2n) is 6.17. The van der Waals surface area contributed by atoms with Gasteiger partial charge in [-0.15, -0.1) is 12.4 Å². The number of nitrogens with one attached hydrogen (secondary N) is 1.